The van der Waals surface area contributed by atoms with Crippen LogP contribution in [0.2, 0.25) is 0 Å². The number of fused-ring (bicyclic) bond motifs is 2. The first kappa shape index (κ1) is 15.4. The van der Waals surface area contributed by atoms with Crippen LogP contribution in [0.1, 0.15) is 0 Å². The van der Waals surface area contributed by atoms with Gasteiger partial charge in [0.1, 0.15) is 11.6 Å². The van der Waals surface area contributed by atoms with E-state index in [1.54, 1.807) is 24.8 Å². The Morgan fingerprint density at radius 3 is 2.74 bits per heavy atom. The van der Waals surface area contributed by atoms with Crippen LogP contribution in [-0.4, -0.2) is 24.9 Å². The number of pyridine rings is 2. The molecule has 0 aliphatic heterocycles. The third kappa shape index (κ3) is 2.75. The van der Waals surface area contributed by atoms with Crippen molar-refractivity contribution in [3.05, 3.63) is 73.1 Å². The molecule has 27 heavy (non-hydrogen) atoms. The van der Waals surface area contributed by atoms with Crippen LogP contribution in [0.3, 0.4) is 0 Å². The van der Waals surface area contributed by atoms with Gasteiger partial charge in [0, 0.05) is 41.4 Å². The van der Waals surface area contributed by atoms with E-state index < -0.39 is 0 Å². The second kappa shape index (κ2) is 6.14. The van der Waals surface area contributed by atoms with Crippen LogP contribution >= 0.6 is 0 Å². The monoisotopic (exact) mass is 356 g/mol. The Morgan fingerprint density at radius 2 is 1.85 bits per heavy atom. The summed E-state index contributed by atoms with van der Waals surface area (Å²) in [4.78, 5) is 20.4. The van der Waals surface area contributed by atoms with Crippen LogP contribution in [0.25, 0.3) is 33.3 Å². The van der Waals surface area contributed by atoms with E-state index in [1.165, 1.54) is 6.07 Å². The molecule has 5 aromatic rings. The van der Waals surface area contributed by atoms with E-state index >= 15 is 0 Å². The Hall–Kier alpha value is -3.87. The first-order chi connectivity index (χ1) is 13.3. The molecule has 0 aliphatic carbocycles. The number of nitrogens with zero attached hydrogens (tertiary/aromatic N) is 4. The van der Waals surface area contributed by atoms with Crippen molar-refractivity contribution in [2.24, 2.45) is 0 Å². The molecule has 0 amide bonds. The molecule has 0 spiro atoms. The standard InChI is InChI=1S/C20H13FN6/c21-16-11-14(10-13-5-9-23-17(13)16)25-20-15-2-1-6-24-19(15)26-18(27-20)12-3-7-22-8-4-12/h1-11,23H,(H,24,25,26,27). The lowest BCUT2D eigenvalue weighted by atomic mass is 10.2. The first-order valence-electron chi connectivity index (χ1n) is 8.35. The van der Waals surface area contributed by atoms with E-state index in [1.807, 2.05) is 36.4 Å². The van der Waals surface area contributed by atoms with Gasteiger partial charge in [-0.05, 0) is 42.5 Å². The lowest BCUT2D eigenvalue weighted by Gasteiger charge is -2.11. The molecule has 1 aromatic carbocycles. The van der Waals surface area contributed by atoms with E-state index in [0.29, 0.717) is 28.5 Å². The molecule has 4 aromatic heterocycles. The van der Waals surface area contributed by atoms with Crippen molar-refractivity contribution in [3.63, 3.8) is 0 Å². The Labute approximate surface area is 153 Å². The SMILES string of the molecule is Fc1cc(Nc2nc(-c3ccncc3)nc3ncccc23)cc2cc[nH]c12. The van der Waals surface area contributed by atoms with Gasteiger partial charge in [-0.2, -0.15) is 0 Å². The van der Waals surface area contributed by atoms with Gasteiger partial charge in [0.05, 0.1) is 10.9 Å². The molecule has 7 heteroatoms. The van der Waals surface area contributed by atoms with Crippen molar-refractivity contribution < 1.29 is 4.39 Å². The summed E-state index contributed by atoms with van der Waals surface area (Å²) in [6.45, 7) is 0. The highest BCUT2D eigenvalue weighted by Gasteiger charge is 2.12. The van der Waals surface area contributed by atoms with Crippen LogP contribution in [0.4, 0.5) is 15.9 Å². The maximum absolute atomic E-state index is 14.3. The molecule has 5 rings (SSSR count). The number of aromatic nitrogens is 5. The van der Waals surface area contributed by atoms with Gasteiger partial charge >= 0.3 is 0 Å². The second-order valence-corrected chi connectivity index (χ2v) is 6.03. The zero-order chi connectivity index (χ0) is 18.2. The van der Waals surface area contributed by atoms with E-state index in [0.717, 1.165) is 16.3 Å². The van der Waals surface area contributed by atoms with Gasteiger partial charge < -0.3 is 10.3 Å². The third-order valence-electron chi connectivity index (χ3n) is 4.28. The Balaban J connectivity index is 1.66. The van der Waals surface area contributed by atoms with Crippen molar-refractivity contribution in [1.29, 1.82) is 0 Å². The number of H-pyrrole nitrogens is 1. The smallest absolute Gasteiger partial charge is 0.165 e. The molecular formula is C20H13FN6. The highest BCUT2D eigenvalue weighted by Crippen LogP contribution is 2.28. The number of aromatic amines is 1. The van der Waals surface area contributed by atoms with Crippen LogP contribution in [0.5, 0.6) is 0 Å². The predicted molar refractivity (Wildman–Crippen MR) is 102 cm³/mol. The largest absolute Gasteiger partial charge is 0.359 e. The van der Waals surface area contributed by atoms with Crippen molar-refractivity contribution >= 4 is 33.4 Å². The molecule has 6 nitrogen and oxygen atoms in total. The maximum Gasteiger partial charge on any atom is 0.165 e. The molecule has 0 atom stereocenters. The topological polar surface area (TPSA) is 79.4 Å². The zero-order valence-corrected chi connectivity index (χ0v) is 14.0. The van der Waals surface area contributed by atoms with Crippen molar-refractivity contribution in [1.82, 2.24) is 24.9 Å². The molecule has 0 fully saturated rings. The normalized spacial score (nSPS) is 11.1. The van der Waals surface area contributed by atoms with Gasteiger partial charge in [-0.1, -0.05) is 0 Å². The molecule has 0 saturated carbocycles. The number of nitrogens with one attached hydrogen (secondary N) is 2. The molecule has 0 unspecified atom stereocenters. The fourth-order valence-electron chi connectivity index (χ4n) is 3.02. The molecular weight excluding hydrogens is 343 g/mol. The minimum absolute atomic E-state index is 0.328. The first-order valence-corrected chi connectivity index (χ1v) is 8.35. The summed E-state index contributed by atoms with van der Waals surface area (Å²) < 4.78 is 14.3. The summed E-state index contributed by atoms with van der Waals surface area (Å²) in [5.74, 6) is 0.759. The molecule has 130 valence electrons. The average Bonchev–Trinajstić information content (AvgIpc) is 3.18. The summed E-state index contributed by atoms with van der Waals surface area (Å²) in [6.07, 6.45) is 6.76. The van der Waals surface area contributed by atoms with Gasteiger partial charge in [-0.15, -0.1) is 0 Å². The van der Waals surface area contributed by atoms with Gasteiger partial charge in [0.15, 0.2) is 11.5 Å². The summed E-state index contributed by atoms with van der Waals surface area (Å²) in [5.41, 5.74) is 2.47. The van der Waals surface area contributed by atoms with E-state index in [4.69, 9.17) is 0 Å². The lowest BCUT2D eigenvalue weighted by Crippen LogP contribution is -2.00. The molecule has 2 N–H and O–H groups in total. The number of hydrogen-bond acceptors (Lipinski definition) is 5. The number of hydrogen-bond donors (Lipinski definition) is 2. The fourth-order valence-corrected chi connectivity index (χ4v) is 3.02. The molecule has 0 radical (unpaired) electrons. The Morgan fingerprint density at radius 1 is 0.963 bits per heavy atom. The van der Waals surface area contributed by atoms with Crippen LogP contribution in [-0.2, 0) is 0 Å². The van der Waals surface area contributed by atoms with E-state index in [9.17, 15) is 4.39 Å². The molecule has 4 heterocycles. The van der Waals surface area contributed by atoms with Crippen molar-refractivity contribution in [2.75, 3.05) is 5.32 Å². The number of benzene rings is 1. The number of anilines is 2. The quantitative estimate of drug-likeness (QED) is 0.499. The maximum atomic E-state index is 14.3. The summed E-state index contributed by atoms with van der Waals surface area (Å²) in [7, 11) is 0. The average molecular weight is 356 g/mol. The van der Waals surface area contributed by atoms with Gasteiger partial charge in [0.25, 0.3) is 0 Å². The molecule has 0 saturated heterocycles. The predicted octanol–water partition coefficient (Wildman–Crippen LogP) is 4.45. The van der Waals surface area contributed by atoms with Crippen molar-refractivity contribution in [3.8, 4) is 11.4 Å². The summed E-state index contributed by atoms with van der Waals surface area (Å²) in [6, 6.07) is 12.5. The zero-order valence-electron chi connectivity index (χ0n) is 14.0. The Bertz CT molecular complexity index is 1270. The minimum atomic E-state index is -0.328. The van der Waals surface area contributed by atoms with Gasteiger partial charge in [0.2, 0.25) is 0 Å². The van der Waals surface area contributed by atoms with Crippen LogP contribution in [0.15, 0.2) is 67.3 Å². The van der Waals surface area contributed by atoms with Crippen LogP contribution < -0.4 is 5.32 Å². The third-order valence-corrected chi connectivity index (χ3v) is 4.28. The lowest BCUT2D eigenvalue weighted by molar-refractivity contribution is 0.638. The highest BCUT2D eigenvalue weighted by atomic mass is 19.1. The number of halogens is 1. The minimum Gasteiger partial charge on any atom is -0.359 e. The van der Waals surface area contributed by atoms with Gasteiger partial charge in [-0.3, -0.25) is 4.98 Å². The fraction of sp³-hybridized carbons (Fsp3) is 0. The Kier molecular flexibility index (Phi) is 3.50. The second-order valence-electron chi connectivity index (χ2n) is 6.03. The highest BCUT2D eigenvalue weighted by molar-refractivity contribution is 5.91. The van der Waals surface area contributed by atoms with E-state index in [2.05, 4.69) is 30.2 Å². The summed E-state index contributed by atoms with van der Waals surface area (Å²) >= 11 is 0. The molecule has 0 aliphatic rings. The van der Waals surface area contributed by atoms with Crippen LogP contribution in [0, 0.1) is 5.82 Å². The van der Waals surface area contributed by atoms with E-state index in [-0.39, 0.29) is 5.82 Å². The van der Waals surface area contributed by atoms with Crippen molar-refractivity contribution in [2.45, 2.75) is 0 Å². The van der Waals surface area contributed by atoms with Gasteiger partial charge in [-0.25, -0.2) is 19.3 Å². The number of rotatable bonds is 3. The molecule has 0 bridgehead atoms. The summed E-state index contributed by atoms with van der Waals surface area (Å²) in [5, 5.41) is 4.75.